The van der Waals surface area contributed by atoms with E-state index in [1.807, 2.05) is 29.2 Å². The predicted octanol–water partition coefficient (Wildman–Crippen LogP) is 4.07. The molecule has 5 heteroatoms. The molecule has 0 aliphatic carbocycles. The topological polar surface area (TPSA) is 41.6 Å². The number of hydrogen-bond donors (Lipinski definition) is 1. The molecule has 2 aromatic rings. The molecule has 1 unspecified atom stereocenters. The van der Waals surface area contributed by atoms with Gasteiger partial charge < -0.3 is 15.0 Å². The maximum atomic E-state index is 12.6. The van der Waals surface area contributed by atoms with Gasteiger partial charge in [-0.25, -0.2) is 0 Å². The average molecular weight is 345 g/mol. The Morgan fingerprint density at radius 1 is 1.17 bits per heavy atom. The summed E-state index contributed by atoms with van der Waals surface area (Å²) in [7, 11) is 1.66. The van der Waals surface area contributed by atoms with Crippen LogP contribution in [0.15, 0.2) is 48.5 Å². The molecule has 0 spiro atoms. The first-order valence-corrected chi connectivity index (χ1v) is 8.49. The van der Waals surface area contributed by atoms with E-state index < -0.39 is 0 Å². The van der Waals surface area contributed by atoms with E-state index in [0.717, 1.165) is 30.8 Å². The smallest absolute Gasteiger partial charge is 0.253 e. The number of hydrogen-bond acceptors (Lipinski definition) is 3. The summed E-state index contributed by atoms with van der Waals surface area (Å²) in [5.74, 6) is 0.900. The molecule has 0 bridgehead atoms. The summed E-state index contributed by atoms with van der Waals surface area (Å²) in [6, 6.07) is 15.2. The SMILES string of the molecule is COc1ccc(NC2CCCN(C(=O)c3ccc(Cl)cc3)C2)cc1. The fraction of sp³-hybridized carbons (Fsp3) is 0.316. The number of amides is 1. The summed E-state index contributed by atoms with van der Waals surface area (Å²) < 4.78 is 5.17. The Bertz CT molecular complexity index is 686. The van der Waals surface area contributed by atoms with E-state index in [9.17, 15) is 4.79 Å². The number of methoxy groups -OCH3 is 1. The van der Waals surface area contributed by atoms with Crippen LogP contribution in [-0.4, -0.2) is 37.0 Å². The molecule has 0 radical (unpaired) electrons. The van der Waals surface area contributed by atoms with Gasteiger partial charge in [0.1, 0.15) is 5.75 Å². The molecule has 0 saturated carbocycles. The van der Waals surface area contributed by atoms with Crippen LogP contribution in [0.3, 0.4) is 0 Å². The Hall–Kier alpha value is -2.20. The van der Waals surface area contributed by atoms with E-state index in [2.05, 4.69) is 5.32 Å². The number of carbonyl (C=O) groups is 1. The van der Waals surface area contributed by atoms with Crippen LogP contribution in [-0.2, 0) is 0 Å². The van der Waals surface area contributed by atoms with Crippen molar-refractivity contribution in [1.29, 1.82) is 0 Å². The van der Waals surface area contributed by atoms with Gasteiger partial charge >= 0.3 is 0 Å². The third kappa shape index (κ3) is 4.01. The van der Waals surface area contributed by atoms with Crippen LogP contribution in [0.4, 0.5) is 5.69 Å². The highest BCUT2D eigenvalue weighted by molar-refractivity contribution is 6.30. The van der Waals surface area contributed by atoms with E-state index in [1.54, 1.807) is 31.4 Å². The van der Waals surface area contributed by atoms with Crippen LogP contribution in [0.2, 0.25) is 5.02 Å². The van der Waals surface area contributed by atoms with Crippen molar-refractivity contribution >= 4 is 23.2 Å². The summed E-state index contributed by atoms with van der Waals surface area (Å²) >= 11 is 5.89. The van der Waals surface area contributed by atoms with Gasteiger partial charge in [-0.2, -0.15) is 0 Å². The Labute approximate surface area is 147 Å². The molecule has 24 heavy (non-hydrogen) atoms. The normalized spacial score (nSPS) is 17.4. The number of nitrogens with zero attached hydrogens (tertiary/aromatic N) is 1. The highest BCUT2D eigenvalue weighted by atomic mass is 35.5. The lowest BCUT2D eigenvalue weighted by molar-refractivity contribution is 0.0715. The first-order valence-electron chi connectivity index (χ1n) is 8.11. The highest BCUT2D eigenvalue weighted by Crippen LogP contribution is 2.20. The van der Waals surface area contributed by atoms with E-state index in [4.69, 9.17) is 16.3 Å². The fourth-order valence-electron chi connectivity index (χ4n) is 2.98. The molecule has 126 valence electrons. The van der Waals surface area contributed by atoms with Gasteiger partial charge in [0.2, 0.25) is 0 Å². The zero-order chi connectivity index (χ0) is 16.9. The second-order valence-electron chi connectivity index (χ2n) is 5.97. The largest absolute Gasteiger partial charge is 0.497 e. The maximum Gasteiger partial charge on any atom is 0.253 e. The standard InChI is InChI=1S/C19H21ClN2O2/c1-24-18-10-8-16(9-11-18)21-17-3-2-12-22(13-17)19(23)14-4-6-15(20)7-5-14/h4-11,17,21H,2-3,12-13H2,1H3. The first-order chi connectivity index (χ1) is 11.7. The van der Waals surface area contributed by atoms with Crippen molar-refractivity contribution in [3.63, 3.8) is 0 Å². The second-order valence-corrected chi connectivity index (χ2v) is 6.41. The number of nitrogens with one attached hydrogen (secondary N) is 1. The van der Waals surface area contributed by atoms with Crippen molar-refractivity contribution in [2.45, 2.75) is 18.9 Å². The van der Waals surface area contributed by atoms with Crippen molar-refractivity contribution < 1.29 is 9.53 Å². The van der Waals surface area contributed by atoms with Crippen LogP contribution in [0, 0.1) is 0 Å². The lowest BCUT2D eigenvalue weighted by atomic mass is 10.0. The number of halogens is 1. The van der Waals surface area contributed by atoms with Crippen molar-refractivity contribution in [3.05, 3.63) is 59.1 Å². The van der Waals surface area contributed by atoms with Gasteiger partial charge in [-0.3, -0.25) is 4.79 Å². The molecule has 1 heterocycles. The van der Waals surface area contributed by atoms with Gasteiger partial charge in [0, 0.05) is 35.4 Å². The van der Waals surface area contributed by atoms with Gasteiger partial charge in [0.25, 0.3) is 5.91 Å². The molecule has 3 rings (SSSR count). The third-order valence-corrected chi connectivity index (χ3v) is 4.51. The number of likely N-dealkylation sites (tertiary alicyclic amines) is 1. The van der Waals surface area contributed by atoms with Crippen molar-refractivity contribution in [2.24, 2.45) is 0 Å². The quantitative estimate of drug-likeness (QED) is 0.909. The average Bonchev–Trinajstić information content (AvgIpc) is 2.63. The minimum Gasteiger partial charge on any atom is -0.497 e. The molecule has 2 aromatic carbocycles. The number of ether oxygens (including phenoxy) is 1. The Balaban J connectivity index is 1.63. The van der Waals surface area contributed by atoms with Gasteiger partial charge in [0.05, 0.1) is 7.11 Å². The number of piperidine rings is 1. The zero-order valence-electron chi connectivity index (χ0n) is 13.7. The minimum absolute atomic E-state index is 0.0629. The van der Waals surface area contributed by atoms with Crippen molar-refractivity contribution in [3.8, 4) is 5.75 Å². The Morgan fingerprint density at radius 3 is 2.54 bits per heavy atom. The number of anilines is 1. The molecule has 1 N–H and O–H groups in total. The van der Waals surface area contributed by atoms with E-state index in [-0.39, 0.29) is 11.9 Å². The van der Waals surface area contributed by atoms with E-state index in [1.165, 1.54) is 0 Å². The third-order valence-electron chi connectivity index (χ3n) is 4.26. The lowest BCUT2D eigenvalue weighted by Crippen LogP contribution is -2.45. The van der Waals surface area contributed by atoms with Crippen LogP contribution in [0.1, 0.15) is 23.2 Å². The minimum atomic E-state index is 0.0629. The van der Waals surface area contributed by atoms with E-state index >= 15 is 0 Å². The number of rotatable bonds is 4. The Kier molecular flexibility index (Phi) is 5.26. The summed E-state index contributed by atoms with van der Waals surface area (Å²) in [5.41, 5.74) is 1.73. The summed E-state index contributed by atoms with van der Waals surface area (Å²) in [4.78, 5) is 14.5. The maximum absolute atomic E-state index is 12.6. The fourth-order valence-corrected chi connectivity index (χ4v) is 3.10. The molecule has 1 saturated heterocycles. The molecular weight excluding hydrogens is 324 g/mol. The molecule has 1 atom stereocenters. The molecule has 4 nitrogen and oxygen atoms in total. The van der Waals surface area contributed by atoms with E-state index in [0.29, 0.717) is 17.1 Å². The lowest BCUT2D eigenvalue weighted by Gasteiger charge is -2.33. The predicted molar refractivity (Wildman–Crippen MR) is 97.0 cm³/mol. The molecule has 1 fully saturated rings. The van der Waals surface area contributed by atoms with Gasteiger partial charge in [0.15, 0.2) is 0 Å². The molecule has 0 aromatic heterocycles. The summed E-state index contributed by atoms with van der Waals surface area (Å²) in [6.07, 6.45) is 2.05. The first kappa shape index (κ1) is 16.7. The highest BCUT2D eigenvalue weighted by Gasteiger charge is 2.24. The molecular formula is C19H21ClN2O2. The monoisotopic (exact) mass is 344 g/mol. The molecule has 1 amide bonds. The van der Waals surface area contributed by atoms with Crippen LogP contribution in [0.25, 0.3) is 0 Å². The summed E-state index contributed by atoms with van der Waals surface area (Å²) in [6.45, 7) is 1.50. The van der Waals surface area contributed by atoms with Crippen LogP contribution in [0.5, 0.6) is 5.75 Å². The second kappa shape index (κ2) is 7.58. The number of benzene rings is 2. The Morgan fingerprint density at radius 2 is 1.88 bits per heavy atom. The number of carbonyl (C=O) groups excluding carboxylic acids is 1. The van der Waals surface area contributed by atoms with Crippen molar-refractivity contribution in [2.75, 3.05) is 25.5 Å². The van der Waals surface area contributed by atoms with Gasteiger partial charge in [-0.15, -0.1) is 0 Å². The van der Waals surface area contributed by atoms with Crippen molar-refractivity contribution in [1.82, 2.24) is 4.90 Å². The van der Waals surface area contributed by atoms with Gasteiger partial charge in [-0.05, 0) is 61.4 Å². The van der Waals surface area contributed by atoms with Crippen LogP contribution < -0.4 is 10.1 Å². The van der Waals surface area contributed by atoms with Gasteiger partial charge in [-0.1, -0.05) is 11.6 Å². The molecule has 1 aliphatic rings. The molecule has 1 aliphatic heterocycles. The summed E-state index contributed by atoms with van der Waals surface area (Å²) in [5, 5.41) is 4.15. The zero-order valence-corrected chi connectivity index (χ0v) is 14.4. The van der Waals surface area contributed by atoms with Crippen LogP contribution >= 0.6 is 11.6 Å².